The van der Waals surface area contributed by atoms with E-state index in [0.29, 0.717) is 12.3 Å². The molecule has 1 aliphatic heterocycles. The molecule has 1 saturated heterocycles. The second kappa shape index (κ2) is 8.49. The molecule has 0 N–H and O–H groups in total. The van der Waals surface area contributed by atoms with Crippen molar-refractivity contribution < 1.29 is 4.79 Å². The summed E-state index contributed by atoms with van der Waals surface area (Å²) in [6.07, 6.45) is 6.59. The van der Waals surface area contributed by atoms with E-state index in [2.05, 4.69) is 53.8 Å². The van der Waals surface area contributed by atoms with Crippen LogP contribution in [0.1, 0.15) is 35.7 Å². The molecule has 1 atom stereocenters. The summed E-state index contributed by atoms with van der Waals surface area (Å²) in [6.45, 7) is 5.64. The molecule has 26 heavy (non-hydrogen) atoms. The van der Waals surface area contributed by atoms with Gasteiger partial charge in [0.25, 0.3) is 0 Å². The average molecular weight is 354 g/mol. The number of aryl methyl sites for hydroxylation is 1. The molecule has 0 radical (unpaired) electrons. The van der Waals surface area contributed by atoms with Crippen molar-refractivity contribution in [2.45, 2.75) is 38.6 Å². The van der Waals surface area contributed by atoms with Crippen molar-refractivity contribution in [1.29, 1.82) is 0 Å². The van der Waals surface area contributed by atoms with Gasteiger partial charge < -0.3 is 14.4 Å². The van der Waals surface area contributed by atoms with E-state index in [4.69, 9.17) is 0 Å². The molecular weight excluding hydrogens is 324 g/mol. The van der Waals surface area contributed by atoms with Crippen molar-refractivity contribution in [2.24, 2.45) is 0 Å². The molecule has 1 aromatic carbocycles. The molecule has 5 heteroatoms. The van der Waals surface area contributed by atoms with Crippen LogP contribution >= 0.6 is 0 Å². The van der Waals surface area contributed by atoms with Crippen LogP contribution in [0.2, 0.25) is 0 Å². The van der Waals surface area contributed by atoms with Gasteiger partial charge in [-0.1, -0.05) is 29.8 Å². The topological polar surface area (TPSA) is 41.4 Å². The fourth-order valence-corrected chi connectivity index (χ4v) is 3.70. The number of carbonyl (C=O) groups is 1. The molecule has 1 unspecified atom stereocenters. The van der Waals surface area contributed by atoms with E-state index in [-0.39, 0.29) is 5.91 Å². The molecule has 1 aromatic heterocycles. The third-order valence-corrected chi connectivity index (χ3v) is 5.11. The van der Waals surface area contributed by atoms with Gasteiger partial charge >= 0.3 is 0 Å². The Morgan fingerprint density at radius 1 is 1.35 bits per heavy atom. The largest absolute Gasteiger partial charge is 0.342 e. The Kier molecular flexibility index (Phi) is 6.09. The number of carbonyl (C=O) groups excluding carboxylic acids is 1. The van der Waals surface area contributed by atoms with Gasteiger partial charge in [0.15, 0.2) is 0 Å². The zero-order valence-electron chi connectivity index (χ0n) is 16.2. The summed E-state index contributed by atoms with van der Waals surface area (Å²) in [4.78, 5) is 21.6. The van der Waals surface area contributed by atoms with Crippen LogP contribution in [-0.2, 0) is 17.8 Å². The predicted molar refractivity (Wildman–Crippen MR) is 104 cm³/mol. The molecule has 2 aromatic rings. The molecule has 0 bridgehead atoms. The second-order valence-electron chi connectivity index (χ2n) is 7.63. The van der Waals surface area contributed by atoms with E-state index in [1.165, 1.54) is 5.56 Å². The SMILES string of the molecule is Cc1cccc(CC(=O)N2CCCC(c3nccn3CCN(C)C)C2)c1. The summed E-state index contributed by atoms with van der Waals surface area (Å²) < 4.78 is 2.25. The highest BCUT2D eigenvalue weighted by atomic mass is 16.2. The maximum Gasteiger partial charge on any atom is 0.227 e. The van der Waals surface area contributed by atoms with Gasteiger partial charge in [0.2, 0.25) is 5.91 Å². The Balaban J connectivity index is 1.64. The minimum Gasteiger partial charge on any atom is -0.342 e. The summed E-state index contributed by atoms with van der Waals surface area (Å²) in [7, 11) is 4.17. The van der Waals surface area contributed by atoms with Crippen molar-refractivity contribution in [3.63, 3.8) is 0 Å². The van der Waals surface area contributed by atoms with E-state index in [0.717, 1.165) is 50.4 Å². The van der Waals surface area contributed by atoms with Crippen LogP contribution in [0.5, 0.6) is 0 Å². The number of amides is 1. The predicted octanol–water partition coefficient (Wildman–Crippen LogP) is 2.70. The fraction of sp³-hybridized carbons (Fsp3) is 0.524. The van der Waals surface area contributed by atoms with Gasteiger partial charge in [-0.05, 0) is 39.4 Å². The Labute approximate surface area is 156 Å². The number of rotatable bonds is 6. The van der Waals surface area contributed by atoms with Crippen molar-refractivity contribution >= 4 is 5.91 Å². The Bertz CT molecular complexity index is 737. The van der Waals surface area contributed by atoms with E-state index in [1.54, 1.807) is 0 Å². The number of piperidine rings is 1. The van der Waals surface area contributed by atoms with Crippen molar-refractivity contribution in [2.75, 3.05) is 33.7 Å². The van der Waals surface area contributed by atoms with Crippen LogP contribution in [0.15, 0.2) is 36.7 Å². The number of aromatic nitrogens is 2. The molecule has 0 spiro atoms. The summed E-state index contributed by atoms with van der Waals surface area (Å²) >= 11 is 0. The summed E-state index contributed by atoms with van der Waals surface area (Å²) in [6, 6.07) is 8.24. The van der Waals surface area contributed by atoms with Gasteiger partial charge in [0.05, 0.1) is 6.42 Å². The van der Waals surface area contributed by atoms with E-state index in [9.17, 15) is 4.79 Å². The van der Waals surface area contributed by atoms with Gasteiger partial charge in [-0.25, -0.2) is 4.98 Å². The van der Waals surface area contributed by atoms with Gasteiger partial charge in [-0.2, -0.15) is 0 Å². The number of nitrogens with zero attached hydrogens (tertiary/aromatic N) is 4. The van der Waals surface area contributed by atoms with E-state index < -0.39 is 0 Å². The monoisotopic (exact) mass is 354 g/mol. The van der Waals surface area contributed by atoms with Gasteiger partial charge in [-0.15, -0.1) is 0 Å². The molecule has 1 amide bonds. The van der Waals surface area contributed by atoms with Crippen LogP contribution in [0.25, 0.3) is 0 Å². The molecule has 140 valence electrons. The zero-order chi connectivity index (χ0) is 18.5. The highest BCUT2D eigenvalue weighted by Crippen LogP contribution is 2.26. The zero-order valence-corrected chi connectivity index (χ0v) is 16.2. The van der Waals surface area contributed by atoms with Crippen LogP contribution in [0.4, 0.5) is 0 Å². The second-order valence-corrected chi connectivity index (χ2v) is 7.63. The highest BCUT2D eigenvalue weighted by Gasteiger charge is 2.27. The molecule has 1 aliphatic rings. The first-order valence-corrected chi connectivity index (χ1v) is 9.52. The van der Waals surface area contributed by atoms with Gasteiger partial charge in [-0.3, -0.25) is 4.79 Å². The Morgan fingerprint density at radius 2 is 2.19 bits per heavy atom. The minimum absolute atomic E-state index is 0.228. The molecule has 1 fully saturated rings. The lowest BCUT2D eigenvalue weighted by molar-refractivity contribution is -0.131. The minimum atomic E-state index is 0.228. The lowest BCUT2D eigenvalue weighted by atomic mass is 9.96. The normalized spacial score (nSPS) is 17.7. The molecule has 5 nitrogen and oxygen atoms in total. The fourth-order valence-electron chi connectivity index (χ4n) is 3.70. The first-order chi connectivity index (χ1) is 12.5. The standard InChI is InChI=1S/C21H30N4O/c1-17-6-4-7-18(14-17)15-20(26)25-10-5-8-19(16-25)21-22-9-11-24(21)13-12-23(2)3/h4,6-7,9,11,14,19H,5,8,10,12-13,15-16H2,1-3H3. The van der Waals surface area contributed by atoms with Gasteiger partial charge in [0.1, 0.15) is 5.82 Å². The van der Waals surface area contributed by atoms with Crippen molar-refractivity contribution in [3.05, 3.63) is 53.6 Å². The van der Waals surface area contributed by atoms with Gasteiger partial charge in [0, 0.05) is 44.5 Å². The highest BCUT2D eigenvalue weighted by molar-refractivity contribution is 5.79. The Morgan fingerprint density at radius 3 is 2.96 bits per heavy atom. The number of benzene rings is 1. The maximum atomic E-state index is 12.8. The maximum absolute atomic E-state index is 12.8. The van der Waals surface area contributed by atoms with E-state index >= 15 is 0 Å². The van der Waals surface area contributed by atoms with Crippen LogP contribution < -0.4 is 0 Å². The molecule has 3 rings (SSSR count). The first-order valence-electron chi connectivity index (χ1n) is 9.52. The lowest BCUT2D eigenvalue weighted by Gasteiger charge is -2.33. The summed E-state index contributed by atoms with van der Waals surface area (Å²) in [5, 5.41) is 0. The summed E-state index contributed by atoms with van der Waals surface area (Å²) in [5.41, 5.74) is 2.30. The average Bonchev–Trinajstić information content (AvgIpc) is 3.08. The third-order valence-electron chi connectivity index (χ3n) is 5.11. The molecule has 0 aliphatic carbocycles. The smallest absolute Gasteiger partial charge is 0.227 e. The van der Waals surface area contributed by atoms with Crippen LogP contribution in [0.3, 0.4) is 0 Å². The Hall–Kier alpha value is -2.14. The molecular formula is C21H30N4O. The van der Waals surface area contributed by atoms with Crippen molar-refractivity contribution in [1.82, 2.24) is 19.4 Å². The number of likely N-dealkylation sites (N-methyl/N-ethyl adjacent to an activating group) is 1. The lowest BCUT2D eigenvalue weighted by Crippen LogP contribution is -2.40. The third kappa shape index (κ3) is 4.73. The quantitative estimate of drug-likeness (QED) is 0.801. The summed E-state index contributed by atoms with van der Waals surface area (Å²) in [5.74, 6) is 1.69. The van der Waals surface area contributed by atoms with Crippen molar-refractivity contribution in [3.8, 4) is 0 Å². The number of likely N-dealkylation sites (tertiary alicyclic amines) is 1. The van der Waals surface area contributed by atoms with E-state index in [1.807, 2.05) is 23.2 Å². The number of imidazole rings is 1. The number of hydrogen-bond acceptors (Lipinski definition) is 3. The molecule has 2 heterocycles. The number of hydrogen-bond donors (Lipinski definition) is 0. The first kappa shape index (κ1) is 18.6. The molecule has 0 saturated carbocycles. The van der Waals surface area contributed by atoms with Crippen LogP contribution in [-0.4, -0.2) is 59.0 Å². The van der Waals surface area contributed by atoms with Crippen LogP contribution in [0, 0.1) is 6.92 Å².